The van der Waals surface area contributed by atoms with E-state index in [1.165, 1.54) is 0 Å². The second kappa shape index (κ2) is 6.37. The molecule has 0 bridgehead atoms. The summed E-state index contributed by atoms with van der Waals surface area (Å²) in [6, 6.07) is 5.69. The average molecular weight is 241 g/mol. The van der Waals surface area contributed by atoms with Crippen LogP contribution in [0.2, 0.25) is 0 Å². The van der Waals surface area contributed by atoms with Gasteiger partial charge in [0.2, 0.25) is 0 Å². The van der Waals surface area contributed by atoms with Crippen LogP contribution in [0.15, 0.2) is 23.1 Å². The van der Waals surface area contributed by atoms with Crippen molar-refractivity contribution in [1.82, 2.24) is 5.59 Å². The monoisotopic (exact) mass is 241 g/mol. The number of aryl methyl sites for hydroxylation is 1. The lowest BCUT2D eigenvalue weighted by Gasteiger charge is -2.06. The molecule has 0 aliphatic rings. The highest BCUT2D eigenvalue weighted by Gasteiger charge is 2.04. The minimum Gasteiger partial charge on any atom is -0.399 e. The lowest BCUT2D eigenvalue weighted by atomic mass is 10.2. The summed E-state index contributed by atoms with van der Waals surface area (Å²) in [5.41, 5.74) is 9.35. The Morgan fingerprint density at radius 2 is 2.31 bits per heavy atom. The largest absolute Gasteiger partial charge is 0.399 e. The second-order valence-electron chi connectivity index (χ2n) is 3.22. The molecule has 0 atom stereocenters. The van der Waals surface area contributed by atoms with Crippen molar-refractivity contribution in [2.75, 3.05) is 11.5 Å². The van der Waals surface area contributed by atoms with Crippen LogP contribution in [0.3, 0.4) is 0 Å². The Balaban J connectivity index is 2.40. The van der Waals surface area contributed by atoms with Crippen molar-refractivity contribution in [2.45, 2.75) is 18.2 Å². The van der Waals surface area contributed by atoms with Gasteiger partial charge < -0.3 is 10.6 Å². The van der Waals surface area contributed by atoms with Gasteiger partial charge in [-0.15, -0.1) is 11.8 Å². The lowest BCUT2D eigenvalue weighted by molar-refractivity contribution is -0.150. The first-order valence-corrected chi connectivity index (χ1v) is 5.76. The van der Waals surface area contributed by atoms with Gasteiger partial charge in [-0.25, -0.2) is 5.84 Å². The molecule has 0 aromatic heterocycles. The van der Waals surface area contributed by atoms with Gasteiger partial charge in [-0.05, 0) is 30.7 Å². The van der Waals surface area contributed by atoms with Crippen LogP contribution < -0.4 is 17.2 Å². The molecule has 0 saturated heterocycles. The maximum Gasteiger partial charge on any atom is 0.327 e. The number of carbonyl (C=O) groups excluding carboxylic acids is 1. The van der Waals surface area contributed by atoms with Crippen LogP contribution in [-0.2, 0) is 9.63 Å². The molecule has 5 N–H and O–H groups in total. The third-order valence-electron chi connectivity index (χ3n) is 1.94. The number of nitrogen functional groups attached to an aromatic ring is 1. The van der Waals surface area contributed by atoms with Gasteiger partial charge in [0, 0.05) is 16.3 Å². The summed E-state index contributed by atoms with van der Waals surface area (Å²) in [5.74, 6) is 5.11. The Morgan fingerprint density at radius 1 is 1.56 bits per heavy atom. The minimum absolute atomic E-state index is 0.304. The van der Waals surface area contributed by atoms with Gasteiger partial charge in [-0.3, -0.25) is 4.79 Å². The number of carbonyl (C=O) groups is 1. The zero-order valence-corrected chi connectivity index (χ0v) is 9.84. The summed E-state index contributed by atoms with van der Waals surface area (Å²) >= 11 is 1.58. The first-order chi connectivity index (χ1) is 7.63. The first-order valence-electron chi connectivity index (χ1n) is 4.77. The van der Waals surface area contributed by atoms with E-state index < -0.39 is 0 Å². The predicted molar refractivity (Wildman–Crippen MR) is 64.3 cm³/mol. The van der Waals surface area contributed by atoms with E-state index in [1.54, 1.807) is 11.8 Å². The zero-order chi connectivity index (χ0) is 12.0. The molecule has 16 heavy (non-hydrogen) atoms. The van der Waals surface area contributed by atoms with Gasteiger partial charge in [0.1, 0.15) is 0 Å². The molecule has 88 valence electrons. The average Bonchev–Trinajstić information content (AvgIpc) is 2.22. The summed E-state index contributed by atoms with van der Waals surface area (Å²) in [5, 5.41) is 0. The number of rotatable bonds is 5. The van der Waals surface area contributed by atoms with E-state index in [1.807, 2.05) is 30.7 Å². The number of benzene rings is 1. The molecular weight excluding hydrogens is 226 g/mol. The summed E-state index contributed by atoms with van der Waals surface area (Å²) in [7, 11) is 0. The SMILES string of the molecule is Cc1cc(N)ccc1SCCC(=O)ONN. The van der Waals surface area contributed by atoms with E-state index in [4.69, 9.17) is 11.6 Å². The van der Waals surface area contributed by atoms with Gasteiger partial charge in [0.05, 0.1) is 6.42 Å². The van der Waals surface area contributed by atoms with Crippen molar-refractivity contribution in [2.24, 2.45) is 5.84 Å². The molecule has 6 heteroatoms. The number of hydrogen-bond acceptors (Lipinski definition) is 6. The highest BCUT2D eigenvalue weighted by Crippen LogP contribution is 2.24. The van der Waals surface area contributed by atoms with Crippen LogP contribution in [0.25, 0.3) is 0 Å². The third-order valence-corrected chi connectivity index (χ3v) is 3.11. The van der Waals surface area contributed by atoms with E-state index in [0.29, 0.717) is 12.2 Å². The van der Waals surface area contributed by atoms with Crippen molar-refractivity contribution >= 4 is 23.4 Å². The van der Waals surface area contributed by atoms with Crippen molar-refractivity contribution < 1.29 is 9.63 Å². The molecule has 5 nitrogen and oxygen atoms in total. The number of hydrogen-bond donors (Lipinski definition) is 3. The van der Waals surface area contributed by atoms with E-state index in [-0.39, 0.29) is 5.97 Å². The van der Waals surface area contributed by atoms with Crippen LogP contribution in [0.4, 0.5) is 5.69 Å². The standard InChI is InChI=1S/C10H15N3O2S/c1-7-6-8(11)2-3-9(7)16-5-4-10(14)15-13-12/h2-3,6,13H,4-5,11-12H2,1H3. The van der Waals surface area contributed by atoms with E-state index in [9.17, 15) is 4.79 Å². The molecule has 0 saturated carbocycles. The highest BCUT2D eigenvalue weighted by molar-refractivity contribution is 7.99. The zero-order valence-electron chi connectivity index (χ0n) is 9.03. The molecule has 0 radical (unpaired) electrons. The molecule has 1 aromatic carbocycles. The van der Waals surface area contributed by atoms with Crippen molar-refractivity contribution in [3.63, 3.8) is 0 Å². The molecule has 0 fully saturated rings. The fourth-order valence-electron chi connectivity index (χ4n) is 1.20. The highest BCUT2D eigenvalue weighted by atomic mass is 32.2. The fourth-order valence-corrected chi connectivity index (χ4v) is 2.14. The summed E-state index contributed by atoms with van der Waals surface area (Å²) in [4.78, 5) is 16.5. The molecule has 0 heterocycles. The van der Waals surface area contributed by atoms with Crippen LogP contribution in [0.1, 0.15) is 12.0 Å². The molecule has 1 aromatic rings. The Bertz CT molecular complexity index is 371. The normalized spacial score (nSPS) is 10.1. The Morgan fingerprint density at radius 3 is 2.94 bits per heavy atom. The van der Waals surface area contributed by atoms with Crippen LogP contribution in [0.5, 0.6) is 0 Å². The molecule has 0 unspecified atom stereocenters. The van der Waals surface area contributed by atoms with Crippen molar-refractivity contribution in [3.05, 3.63) is 23.8 Å². The predicted octanol–water partition coefficient (Wildman–Crippen LogP) is 0.981. The van der Waals surface area contributed by atoms with Gasteiger partial charge in [-0.2, -0.15) is 0 Å². The molecule has 0 amide bonds. The van der Waals surface area contributed by atoms with Gasteiger partial charge in [-0.1, -0.05) is 5.59 Å². The number of hydrazine groups is 1. The quantitative estimate of drug-likeness (QED) is 0.308. The Hall–Kier alpha value is -1.24. The number of nitrogens with two attached hydrogens (primary N) is 2. The van der Waals surface area contributed by atoms with E-state index in [0.717, 1.165) is 16.1 Å². The maximum atomic E-state index is 11.0. The summed E-state index contributed by atoms with van der Waals surface area (Å²) in [6.45, 7) is 1.98. The maximum absolute atomic E-state index is 11.0. The topological polar surface area (TPSA) is 90.4 Å². The minimum atomic E-state index is -0.372. The fraction of sp³-hybridized carbons (Fsp3) is 0.300. The molecular formula is C10H15N3O2S. The smallest absolute Gasteiger partial charge is 0.327 e. The third kappa shape index (κ3) is 4.09. The van der Waals surface area contributed by atoms with Crippen molar-refractivity contribution in [3.8, 4) is 0 Å². The van der Waals surface area contributed by atoms with Crippen LogP contribution >= 0.6 is 11.8 Å². The number of anilines is 1. The number of thioether (sulfide) groups is 1. The Labute approximate surface area is 98.4 Å². The second-order valence-corrected chi connectivity index (χ2v) is 4.35. The van der Waals surface area contributed by atoms with E-state index >= 15 is 0 Å². The molecule has 0 spiro atoms. The summed E-state index contributed by atoms with van der Waals surface area (Å²) in [6.07, 6.45) is 0.304. The van der Waals surface area contributed by atoms with Gasteiger partial charge >= 0.3 is 5.97 Å². The first kappa shape index (κ1) is 12.8. The molecule has 0 aliphatic carbocycles. The Kier molecular flexibility index (Phi) is 5.10. The van der Waals surface area contributed by atoms with E-state index in [2.05, 4.69) is 4.84 Å². The van der Waals surface area contributed by atoms with Gasteiger partial charge in [0.15, 0.2) is 0 Å². The lowest BCUT2D eigenvalue weighted by Crippen LogP contribution is -2.26. The van der Waals surface area contributed by atoms with Crippen LogP contribution in [0, 0.1) is 6.92 Å². The van der Waals surface area contributed by atoms with Crippen molar-refractivity contribution in [1.29, 1.82) is 0 Å². The summed E-state index contributed by atoms with van der Waals surface area (Å²) < 4.78 is 0. The van der Waals surface area contributed by atoms with Gasteiger partial charge in [0.25, 0.3) is 0 Å². The van der Waals surface area contributed by atoms with Crippen LogP contribution in [-0.4, -0.2) is 11.7 Å². The number of nitrogens with one attached hydrogen (secondary N) is 1. The molecule has 0 aliphatic heterocycles. The molecule has 1 rings (SSSR count).